The molecular weight excluding hydrogens is 198 g/mol. The van der Waals surface area contributed by atoms with Crippen LogP contribution in [0.15, 0.2) is 11.8 Å². The van der Waals surface area contributed by atoms with Crippen LogP contribution >= 0.6 is 11.3 Å². The monoisotopic (exact) mass is 209 g/mol. The summed E-state index contributed by atoms with van der Waals surface area (Å²) in [6, 6.07) is 0. The zero-order chi connectivity index (χ0) is 10.1. The van der Waals surface area contributed by atoms with Crippen LogP contribution in [0, 0.1) is 6.92 Å². The van der Waals surface area contributed by atoms with Crippen LogP contribution in [0.4, 0.5) is 0 Å². The zero-order valence-electron chi connectivity index (χ0n) is 7.91. The second kappa shape index (κ2) is 3.53. The van der Waals surface area contributed by atoms with Crippen molar-refractivity contribution in [3.05, 3.63) is 21.7 Å². The number of aryl methyl sites for hydroxylation is 1. The molecule has 0 aromatic carbocycles. The van der Waals surface area contributed by atoms with Crippen molar-refractivity contribution in [3.8, 4) is 0 Å². The van der Waals surface area contributed by atoms with Gasteiger partial charge in [-0.1, -0.05) is 5.57 Å². The molecule has 74 valence electrons. The molecule has 4 heteroatoms. The highest BCUT2D eigenvalue weighted by Gasteiger charge is 2.21. The van der Waals surface area contributed by atoms with E-state index in [1.807, 2.05) is 6.92 Å². The van der Waals surface area contributed by atoms with Gasteiger partial charge in [-0.15, -0.1) is 11.3 Å². The largest absolute Gasteiger partial charge is 0.481 e. The van der Waals surface area contributed by atoms with E-state index in [2.05, 4.69) is 4.98 Å². The van der Waals surface area contributed by atoms with Gasteiger partial charge in [0.25, 0.3) is 0 Å². The number of nitrogens with zero attached hydrogens (tertiary/aromatic N) is 1. The molecule has 1 heterocycles. The molecule has 14 heavy (non-hydrogen) atoms. The molecule has 1 aromatic heterocycles. The van der Waals surface area contributed by atoms with Crippen molar-refractivity contribution in [2.75, 3.05) is 0 Å². The van der Waals surface area contributed by atoms with Crippen molar-refractivity contribution in [2.24, 2.45) is 0 Å². The number of carboxylic acids is 1. The van der Waals surface area contributed by atoms with Crippen molar-refractivity contribution in [1.82, 2.24) is 4.98 Å². The van der Waals surface area contributed by atoms with Gasteiger partial charge in [0.05, 0.1) is 16.3 Å². The third-order valence-corrected chi connectivity index (χ3v) is 3.15. The molecule has 1 aliphatic rings. The Balaban J connectivity index is 2.29. The van der Waals surface area contributed by atoms with Gasteiger partial charge in [-0.05, 0) is 25.3 Å². The van der Waals surface area contributed by atoms with Crippen LogP contribution in [0.25, 0.3) is 5.57 Å². The van der Waals surface area contributed by atoms with Crippen molar-refractivity contribution >= 4 is 22.9 Å². The summed E-state index contributed by atoms with van der Waals surface area (Å²) in [4.78, 5) is 15.8. The van der Waals surface area contributed by atoms with E-state index in [9.17, 15) is 4.79 Å². The van der Waals surface area contributed by atoms with Gasteiger partial charge in [-0.3, -0.25) is 4.79 Å². The Bertz CT molecular complexity index is 400. The highest BCUT2D eigenvalue weighted by Crippen LogP contribution is 2.39. The SMILES string of the molecule is Cc1ncc(C(CC(=O)O)=C2CC2)s1. The maximum Gasteiger partial charge on any atom is 0.307 e. The standard InChI is InChI=1S/C10H11NO2S/c1-6-11-5-9(14-6)8(4-10(12)13)7-2-3-7/h5H,2-4H2,1H3,(H,12,13). The summed E-state index contributed by atoms with van der Waals surface area (Å²) in [6.07, 6.45) is 4.03. The first kappa shape index (κ1) is 9.40. The zero-order valence-corrected chi connectivity index (χ0v) is 8.73. The van der Waals surface area contributed by atoms with E-state index in [1.54, 1.807) is 17.5 Å². The predicted molar refractivity (Wildman–Crippen MR) is 55.3 cm³/mol. The van der Waals surface area contributed by atoms with Crippen molar-refractivity contribution in [3.63, 3.8) is 0 Å². The van der Waals surface area contributed by atoms with Gasteiger partial charge in [0.2, 0.25) is 0 Å². The first-order chi connectivity index (χ1) is 6.66. The number of hydrogen-bond acceptors (Lipinski definition) is 3. The molecule has 1 saturated carbocycles. The van der Waals surface area contributed by atoms with Crippen LogP contribution < -0.4 is 0 Å². The minimum absolute atomic E-state index is 0.136. The lowest BCUT2D eigenvalue weighted by Gasteiger charge is -1.99. The molecule has 0 aliphatic heterocycles. The maximum atomic E-state index is 10.7. The fourth-order valence-electron chi connectivity index (χ4n) is 1.40. The molecule has 0 bridgehead atoms. The molecule has 1 fully saturated rings. The molecule has 2 rings (SSSR count). The highest BCUT2D eigenvalue weighted by atomic mass is 32.1. The number of allylic oxidation sites excluding steroid dienone is 1. The highest BCUT2D eigenvalue weighted by molar-refractivity contribution is 7.12. The summed E-state index contributed by atoms with van der Waals surface area (Å²) in [5.74, 6) is -0.759. The van der Waals surface area contributed by atoms with Gasteiger partial charge < -0.3 is 5.11 Å². The van der Waals surface area contributed by atoms with Crippen LogP contribution in [-0.4, -0.2) is 16.1 Å². The normalized spacial score (nSPS) is 14.2. The lowest BCUT2D eigenvalue weighted by molar-refractivity contribution is -0.135. The van der Waals surface area contributed by atoms with E-state index in [-0.39, 0.29) is 6.42 Å². The quantitative estimate of drug-likeness (QED) is 0.832. The molecule has 1 aromatic rings. The van der Waals surface area contributed by atoms with Gasteiger partial charge >= 0.3 is 5.97 Å². The smallest absolute Gasteiger partial charge is 0.307 e. The summed E-state index contributed by atoms with van der Waals surface area (Å²) < 4.78 is 0. The summed E-state index contributed by atoms with van der Waals surface area (Å²) in [7, 11) is 0. The van der Waals surface area contributed by atoms with E-state index in [0.717, 1.165) is 28.3 Å². The average molecular weight is 209 g/mol. The molecule has 0 spiro atoms. The fraction of sp³-hybridized carbons (Fsp3) is 0.400. The Hall–Kier alpha value is -1.16. The van der Waals surface area contributed by atoms with Gasteiger partial charge in [0.15, 0.2) is 0 Å². The minimum atomic E-state index is -0.759. The first-order valence-corrected chi connectivity index (χ1v) is 5.34. The van der Waals surface area contributed by atoms with Crippen molar-refractivity contribution < 1.29 is 9.90 Å². The Morgan fingerprint density at radius 2 is 2.36 bits per heavy atom. The van der Waals surface area contributed by atoms with Crippen molar-refractivity contribution in [2.45, 2.75) is 26.2 Å². The summed E-state index contributed by atoms with van der Waals surface area (Å²) in [5, 5.41) is 9.77. The Labute approximate surface area is 86.1 Å². The molecule has 0 saturated heterocycles. The number of carbonyl (C=O) groups is 1. The van der Waals surface area contributed by atoms with Crippen molar-refractivity contribution in [1.29, 1.82) is 0 Å². The van der Waals surface area contributed by atoms with Crippen LogP contribution in [0.2, 0.25) is 0 Å². The summed E-state index contributed by atoms with van der Waals surface area (Å²) in [5.41, 5.74) is 2.28. The van der Waals surface area contributed by atoms with E-state index >= 15 is 0 Å². The van der Waals surface area contributed by atoms with Crippen LogP contribution in [0.5, 0.6) is 0 Å². The van der Waals surface area contributed by atoms with Gasteiger partial charge in [-0.2, -0.15) is 0 Å². The third kappa shape index (κ3) is 2.01. The predicted octanol–water partition coefficient (Wildman–Crippen LogP) is 2.47. The third-order valence-electron chi connectivity index (χ3n) is 2.17. The second-order valence-corrected chi connectivity index (χ2v) is 4.63. The fourth-order valence-corrected chi connectivity index (χ4v) is 2.27. The number of hydrogen-bond donors (Lipinski definition) is 1. The van der Waals surface area contributed by atoms with E-state index in [1.165, 1.54) is 5.57 Å². The van der Waals surface area contributed by atoms with Gasteiger partial charge in [0, 0.05) is 6.20 Å². The molecule has 0 atom stereocenters. The molecule has 0 amide bonds. The van der Waals surface area contributed by atoms with Gasteiger partial charge in [0.1, 0.15) is 0 Å². The Morgan fingerprint density at radius 3 is 2.79 bits per heavy atom. The minimum Gasteiger partial charge on any atom is -0.481 e. The lowest BCUT2D eigenvalue weighted by atomic mass is 10.1. The summed E-state index contributed by atoms with van der Waals surface area (Å²) in [6.45, 7) is 1.93. The Kier molecular flexibility index (Phi) is 2.37. The lowest BCUT2D eigenvalue weighted by Crippen LogP contribution is -1.95. The number of aromatic nitrogens is 1. The molecule has 1 N–H and O–H groups in total. The van der Waals surface area contributed by atoms with E-state index < -0.39 is 5.97 Å². The number of carboxylic acid groups (broad SMARTS) is 1. The van der Waals surface area contributed by atoms with Gasteiger partial charge in [-0.25, -0.2) is 4.98 Å². The molecule has 0 radical (unpaired) electrons. The first-order valence-electron chi connectivity index (χ1n) is 4.52. The van der Waals surface area contributed by atoms with E-state index in [4.69, 9.17) is 5.11 Å². The van der Waals surface area contributed by atoms with Crippen LogP contribution in [-0.2, 0) is 4.79 Å². The van der Waals surface area contributed by atoms with E-state index in [0.29, 0.717) is 0 Å². The number of aliphatic carboxylic acids is 1. The number of thiazole rings is 1. The molecular formula is C10H11NO2S. The maximum absolute atomic E-state index is 10.7. The second-order valence-electron chi connectivity index (χ2n) is 3.40. The molecule has 1 aliphatic carbocycles. The average Bonchev–Trinajstić information content (AvgIpc) is 2.85. The Morgan fingerprint density at radius 1 is 1.64 bits per heavy atom. The van der Waals surface area contributed by atoms with Crippen LogP contribution in [0.1, 0.15) is 29.1 Å². The number of rotatable bonds is 3. The summed E-state index contributed by atoms with van der Waals surface area (Å²) >= 11 is 1.57. The van der Waals surface area contributed by atoms with Crippen LogP contribution in [0.3, 0.4) is 0 Å². The molecule has 3 nitrogen and oxygen atoms in total. The molecule has 0 unspecified atom stereocenters. The topological polar surface area (TPSA) is 50.2 Å².